The average Bonchev–Trinajstić information content (AvgIpc) is 2.86. The second kappa shape index (κ2) is 10.4. The van der Waals surface area contributed by atoms with Crippen LogP contribution in [0.15, 0.2) is 36.7 Å². The van der Waals surface area contributed by atoms with Gasteiger partial charge in [0.05, 0.1) is 23.3 Å². The van der Waals surface area contributed by atoms with E-state index in [2.05, 4.69) is 15.3 Å². The van der Waals surface area contributed by atoms with Crippen molar-refractivity contribution >= 4 is 39.9 Å². The first-order valence-corrected chi connectivity index (χ1v) is 11.5. The van der Waals surface area contributed by atoms with Crippen molar-refractivity contribution in [3.8, 4) is 11.5 Å². The van der Waals surface area contributed by atoms with E-state index in [0.717, 1.165) is 0 Å². The summed E-state index contributed by atoms with van der Waals surface area (Å²) in [5, 5.41) is 13.4. The summed E-state index contributed by atoms with van der Waals surface area (Å²) in [6.07, 6.45) is 1.97. The zero-order valence-corrected chi connectivity index (χ0v) is 19.7. The summed E-state index contributed by atoms with van der Waals surface area (Å²) in [4.78, 5) is 22.5. The number of ether oxygens (including phenoxy) is 2. The lowest BCUT2D eigenvalue weighted by atomic mass is 10.1. The smallest absolute Gasteiger partial charge is 0.251 e. The first kappa shape index (κ1) is 24.0. The fraction of sp³-hybridized carbons (Fsp3) is 0.375. The third kappa shape index (κ3) is 5.00. The lowest BCUT2D eigenvalue weighted by Gasteiger charge is -2.33. The molecular weight excluding hydrogens is 463 g/mol. The van der Waals surface area contributed by atoms with Crippen molar-refractivity contribution < 1.29 is 23.8 Å². The molecule has 2 N–H and O–H groups in total. The van der Waals surface area contributed by atoms with Gasteiger partial charge >= 0.3 is 0 Å². The van der Waals surface area contributed by atoms with Crippen LogP contribution in [0.1, 0.15) is 26.2 Å². The monoisotopic (exact) mass is 488 g/mol. The number of hydrogen-bond donors (Lipinski definition) is 2. The molecule has 4 rings (SSSR count). The summed E-state index contributed by atoms with van der Waals surface area (Å²) in [7, 11) is 1.54. The van der Waals surface area contributed by atoms with Crippen LogP contribution in [-0.2, 0) is 4.79 Å². The van der Waals surface area contributed by atoms with Crippen molar-refractivity contribution in [1.29, 1.82) is 0 Å². The van der Waals surface area contributed by atoms with Gasteiger partial charge in [0.2, 0.25) is 0 Å². The normalized spacial score (nSPS) is 15.3. The Kier molecular flexibility index (Phi) is 7.33. The predicted molar refractivity (Wildman–Crippen MR) is 127 cm³/mol. The fourth-order valence-corrected chi connectivity index (χ4v) is 4.08. The molecule has 8 nitrogen and oxygen atoms in total. The van der Waals surface area contributed by atoms with E-state index in [9.17, 15) is 14.3 Å². The zero-order valence-electron chi connectivity index (χ0n) is 18.9. The van der Waals surface area contributed by atoms with Gasteiger partial charge in [0.15, 0.2) is 17.3 Å². The van der Waals surface area contributed by atoms with Gasteiger partial charge in [-0.3, -0.25) is 4.79 Å². The molecule has 0 radical (unpaired) electrons. The minimum absolute atomic E-state index is 0.00794. The van der Waals surface area contributed by atoms with Gasteiger partial charge in [-0.1, -0.05) is 24.6 Å². The van der Waals surface area contributed by atoms with Gasteiger partial charge in [-0.05, 0) is 24.6 Å². The first-order chi connectivity index (χ1) is 16.4. The summed E-state index contributed by atoms with van der Waals surface area (Å²) in [5.41, 5.74) is 0.788. The Hall–Kier alpha value is -3.17. The number of hydrogen-bond acceptors (Lipinski definition) is 7. The Morgan fingerprint density at radius 2 is 2.06 bits per heavy atom. The van der Waals surface area contributed by atoms with Gasteiger partial charge in [0.1, 0.15) is 24.4 Å². The molecule has 0 unspecified atom stereocenters. The molecule has 0 saturated carbocycles. The van der Waals surface area contributed by atoms with E-state index in [-0.39, 0.29) is 22.7 Å². The standard InChI is InChI=1S/C24H26ClFN4O4/c1-3-19(31)24(32)30-9-7-14(8-10-30)34-21-12-18-15(11-20(21)33-2)23(28-13-27-18)29-17-6-4-5-16(25)22(17)26/h4-6,11-14,19,31H,3,7-10H2,1-2H3,(H,27,28,29)/t19-/m0/s1. The molecule has 0 spiro atoms. The number of fused-ring (bicyclic) bond motifs is 1. The maximum Gasteiger partial charge on any atom is 0.251 e. The third-order valence-electron chi connectivity index (χ3n) is 5.84. The molecule has 1 saturated heterocycles. The van der Waals surface area contributed by atoms with Crippen LogP contribution in [0.5, 0.6) is 11.5 Å². The number of benzene rings is 2. The summed E-state index contributed by atoms with van der Waals surface area (Å²) < 4.78 is 26.1. The maximum atomic E-state index is 14.4. The summed E-state index contributed by atoms with van der Waals surface area (Å²) in [6, 6.07) is 8.19. The van der Waals surface area contributed by atoms with Crippen molar-refractivity contribution in [1.82, 2.24) is 14.9 Å². The lowest BCUT2D eigenvalue weighted by Crippen LogP contribution is -2.45. The van der Waals surface area contributed by atoms with Crippen LogP contribution in [0.25, 0.3) is 10.9 Å². The third-order valence-corrected chi connectivity index (χ3v) is 6.14. The number of likely N-dealkylation sites (tertiary alicyclic amines) is 1. The number of aliphatic hydroxyl groups is 1. The number of halogens is 2. The van der Waals surface area contributed by atoms with Gasteiger partial charge in [0, 0.05) is 37.4 Å². The van der Waals surface area contributed by atoms with E-state index in [1.807, 2.05) is 0 Å². The molecule has 3 aromatic rings. The van der Waals surface area contributed by atoms with Crippen LogP contribution >= 0.6 is 11.6 Å². The summed E-state index contributed by atoms with van der Waals surface area (Å²) in [6.45, 7) is 2.80. The highest BCUT2D eigenvalue weighted by Crippen LogP contribution is 2.36. The molecule has 1 amide bonds. The van der Waals surface area contributed by atoms with E-state index in [1.165, 1.54) is 19.5 Å². The minimum atomic E-state index is -0.957. The predicted octanol–water partition coefficient (Wildman–Crippen LogP) is 4.32. The highest BCUT2D eigenvalue weighted by atomic mass is 35.5. The maximum absolute atomic E-state index is 14.4. The number of aromatic nitrogens is 2. The molecule has 180 valence electrons. The number of nitrogens with zero attached hydrogens (tertiary/aromatic N) is 3. The highest BCUT2D eigenvalue weighted by Gasteiger charge is 2.28. The Balaban J connectivity index is 1.54. The Bertz CT molecular complexity index is 1190. The minimum Gasteiger partial charge on any atom is -0.493 e. The van der Waals surface area contributed by atoms with Crippen LogP contribution in [0.3, 0.4) is 0 Å². The molecule has 10 heteroatoms. The van der Waals surface area contributed by atoms with Crippen LogP contribution in [0.4, 0.5) is 15.9 Å². The molecule has 0 bridgehead atoms. The van der Waals surface area contributed by atoms with Gasteiger partial charge < -0.3 is 24.8 Å². The zero-order chi connectivity index (χ0) is 24.2. The largest absolute Gasteiger partial charge is 0.493 e. The SMILES string of the molecule is CC[C@H](O)C(=O)N1CCC(Oc2cc3ncnc(Nc4cccc(Cl)c4F)c3cc2OC)CC1. The van der Waals surface area contributed by atoms with Crippen LogP contribution < -0.4 is 14.8 Å². The number of anilines is 2. The molecular formula is C24H26ClFN4O4. The second-order valence-electron chi connectivity index (χ2n) is 8.04. The molecule has 2 aromatic carbocycles. The van der Waals surface area contributed by atoms with Gasteiger partial charge in [-0.2, -0.15) is 0 Å². The first-order valence-electron chi connectivity index (χ1n) is 11.1. The van der Waals surface area contributed by atoms with Crippen LogP contribution in [0, 0.1) is 5.82 Å². The van der Waals surface area contributed by atoms with Gasteiger partial charge in [-0.25, -0.2) is 14.4 Å². The number of carbonyl (C=O) groups is 1. The molecule has 1 aliphatic rings. The van der Waals surface area contributed by atoms with E-state index >= 15 is 0 Å². The number of methoxy groups -OCH3 is 1. The fourth-order valence-electron chi connectivity index (χ4n) is 3.90. The number of rotatable bonds is 7. The molecule has 0 aliphatic carbocycles. The van der Waals surface area contributed by atoms with Crippen molar-refractivity contribution in [3.05, 3.63) is 47.5 Å². The van der Waals surface area contributed by atoms with Crippen LogP contribution in [0.2, 0.25) is 5.02 Å². The van der Waals surface area contributed by atoms with Gasteiger partial charge in [-0.15, -0.1) is 0 Å². The van der Waals surface area contributed by atoms with Gasteiger partial charge in [0.25, 0.3) is 5.91 Å². The van der Waals surface area contributed by atoms with Crippen LogP contribution in [-0.4, -0.2) is 58.3 Å². The molecule has 1 aromatic heterocycles. The second-order valence-corrected chi connectivity index (χ2v) is 8.44. The molecule has 1 atom stereocenters. The van der Waals surface area contributed by atoms with Crippen molar-refractivity contribution in [2.45, 2.75) is 38.4 Å². The number of aliphatic hydroxyl groups excluding tert-OH is 1. The molecule has 34 heavy (non-hydrogen) atoms. The Morgan fingerprint density at radius 1 is 1.29 bits per heavy atom. The topological polar surface area (TPSA) is 96.8 Å². The van der Waals surface area contributed by atoms with Crippen molar-refractivity contribution in [2.24, 2.45) is 0 Å². The molecule has 1 aliphatic heterocycles. The Labute approximate surface area is 201 Å². The van der Waals surface area contributed by atoms with E-state index < -0.39 is 11.9 Å². The quantitative estimate of drug-likeness (QED) is 0.511. The number of nitrogens with one attached hydrogen (secondary N) is 1. The number of piperidine rings is 1. The van der Waals surface area contributed by atoms with E-state index in [4.69, 9.17) is 21.1 Å². The lowest BCUT2D eigenvalue weighted by molar-refractivity contribution is -0.142. The molecule has 2 heterocycles. The summed E-state index contributed by atoms with van der Waals surface area (Å²) in [5.74, 6) is 0.595. The van der Waals surface area contributed by atoms with E-state index in [1.54, 1.807) is 36.1 Å². The van der Waals surface area contributed by atoms with Crippen molar-refractivity contribution in [3.63, 3.8) is 0 Å². The highest BCUT2D eigenvalue weighted by molar-refractivity contribution is 6.31. The Morgan fingerprint density at radius 3 is 2.76 bits per heavy atom. The van der Waals surface area contributed by atoms with E-state index in [0.29, 0.717) is 60.6 Å². The average molecular weight is 489 g/mol. The number of amides is 1. The number of carbonyl (C=O) groups excluding carboxylic acids is 1. The molecule has 1 fully saturated rings. The van der Waals surface area contributed by atoms with Crippen molar-refractivity contribution in [2.75, 3.05) is 25.5 Å². The summed E-state index contributed by atoms with van der Waals surface area (Å²) >= 11 is 5.89.